The van der Waals surface area contributed by atoms with E-state index in [-0.39, 0.29) is 17.0 Å². The van der Waals surface area contributed by atoms with E-state index in [2.05, 4.69) is 4.98 Å². The second-order valence-electron chi connectivity index (χ2n) is 4.01. The first-order valence-electron chi connectivity index (χ1n) is 5.49. The molecule has 0 aliphatic heterocycles. The van der Waals surface area contributed by atoms with Gasteiger partial charge in [0.25, 0.3) is 0 Å². The van der Waals surface area contributed by atoms with Crippen molar-refractivity contribution in [2.24, 2.45) is 0 Å². The molecule has 0 saturated heterocycles. The van der Waals surface area contributed by atoms with E-state index >= 15 is 0 Å². The zero-order valence-electron chi connectivity index (χ0n) is 10.3. The highest BCUT2D eigenvalue weighted by Crippen LogP contribution is 2.39. The summed E-state index contributed by atoms with van der Waals surface area (Å²) in [6.45, 7) is 0. The minimum absolute atomic E-state index is 0.122. The van der Waals surface area contributed by atoms with Gasteiger partial charge in [-0.05, 0) is 23.8 Å². The van der Waals surface area contributed by atoms with Gasteiger partial charge in [-0.1, -0.05) is 0 Å². The lowest BCUT2D eigenvalue weighted by Crippen LogP contribution is -2.09. The van der Waals surface area contributed by atoms with Crippen molar-refractivity contribution in [1.29, 1.82) is 0 Å². The highest BCUT2D eigenvalue weighted by Gasteiger charge is 2.34. The van der Waals surface area contributed by atoms with Crippen molar-refractivity contribution in [3.63, 3.8) is 0 Å². The molecule has 0 saturated carbocycles. The smallest absolute Gasteiger partial charge is 0.417 e. The molecule has 1 heterocycles. The number of hydrogen-bond donors (Lipinski definition) is 1. The molecule has 0 radical (unpaired) electrons. The third-order valence-electron chi connectivity index (χ3n) is 2.70. The van der Waals surface area contributed by atoms with Crippen LogP contribution in [0.15, 0.2) is 30.5 Å². The molecule has 0 bridgehead atoms. The Morgan fingerprint density at radius 1 is 1.20 bits per heavy atom. The van der Waals surface area contributed by atoms with Crippen LogP contribution in [0.3, 0.4) is 0 Å². The molecular weight excluding hydrogens is 276 g/mol. The molecule has 0 fully saturated rings. The van der Waals surface area contributed by atoms with Gasteiger partial charge in [-0.15, -0.1) is 0 Å². The van der Waals surface area contributed by atoms with Gasteiger partial charge in [0, 0.05) is 17.8 Å². The minimum atomic E-state index is -4.64. The number of aromatic nitrogens is 1. The summed E-state index contributed by atoms with van der Waals surface area (Å²) in [7, 11) is 1.38. The first-order chi connectivity index (χ1) is 9.32. The summed E-state index contributed by atoms with van der Waals surface area (Å²) < 4.78 is 57.2. The van der Waals surface area contributed by atoms with Crippen LogP contribution in [0, 0.1) is 5.82 Å². The van der Waals surface area contributed by atoms with Crippen molar-refractivity contribution in [2.45, 2.75) is 6.18 Å². The molecule has 106 valence electrons. The van der Waals surface area contributed by atoms with E-state index in [1.54, 1.807) is 0 Å². The Balaban J connectivity index is 2.62. The quantitative estimate of drug-likeness (QED) is 0.679. The number of anilines is 1. The molecule has 2 N–H and O–H groups in total. The Morgan fingerprint density at radius 2 is 1.90 bits per heavy atom. The molecule has 0 aliphatic carbocycles. The van der Waals surface area contributed by atoms with Gasteiger partial charge in [-0.25, -0.2) is 9.37 Å². The molecule has 20 heavy (non-hydrogen) atoms. The van der Waals surface area contributed by atoms with Crippen molar-refractivity contribution < 1.29 is 22.3 Å². The topological polar surface area (TPSA) is 48.1 Å². The SMILES string of the molecule is COc1ccc(-c2cc(F)c(N)cc2C(F)(F)F)cn1. The lowest BCUT2D eigenvalue weighted by molar-refractivity contribution is -0.137. The molecule has 1 aromatic heterocycles. The van der Waals surface area contributed by atoms with Crippen molar-refractivity contribution >= 4 is 5.69 Å². The van der Waals surface area contributed by atoms with Crippen molar-refractivity contribution in [3.8, 4) is 17.0 Å². The number of ether oxygens (including phenoxy) is 1. The first-order valence-corrected chi connectivity index (χ1v) is 5.49. The Hall–Kier alpha value is -2.31. The standard InChI is InChI=1S/C13H10F4N2O/c1-20-12-3-2-7(6-19-12)8-4-10(14)11(18)5-9(8)13(15,16)17/h2-6H,18H2,1H3. The molecular formula is C13H10F4N2O. The molecule has 2 aromatic rings. The van der Waals surface area contributed by atoms with E-state index in [0.29, 0.717) is 6.07 Å². The third kappa shape index (κ3) is 2.66. The molecule has 1 aromatic carbocycles. The zero-order valence-corrected chi connectivity index (χ0v) is 10.3. The number of pyridine rings is 1. The number of halogens is 4. The summed E-state index contributed by atoms with van der Waals surface area (Å²) in [5.74, 6) is -0.665. The van der Waals surface area contributed by atoms with Crippen LogP contribution in [-0.2, 0) is 6.18 Å². The molecule has 0 unspecified atom stereocenters. The second kappa shape index (κ2) is 4.99. The van der Waals surface area contributed by atoms with E-state index in [1.165, 1.54) is 25.4 Å². The van der Waals surface area contributed by atoms with E-state index < -0.39 is 23.2 Å². The van der Waals surface area contributed by atoms with E-state index in [9.17, 15) is 17.6 Å². The maximum atomic E-state index is 13.4. The average molecular weight is 286 g/mol. The number of nitrogens with zero attached hydrogens (tertiary/aromatic N) is 1. The van der Waals surface area contributed by atoms with E-state index in [4.69, 9.17) is 10.5 Å². The van der Waals surface area contributed by atoms with Crippen molar-refractivity contribution in [3.05, 3.63) is 41.8 Å². The lowest BCUT2D eigenvalue weighted by atomic mass is 9.99. The number of alkyl halides is 3. The molecule has 3 nitrogen and oxygen atoms in total. The summed E-state index contributed by atoms with van der Waals surface area (Å²) in [4.78, 5) is 3.81. The van der Waals surface area contributed by atoms with Crippen LogP contribution in [0.1, 0.15) is 5.56 Å². The van der Waals surface area contributed by atoms with Gasteiger partial charge in [-0.2, -0.15) is 13.2 Å². The Labute approximate surface area is 112 Å². The van der Waals surface area contributed by atoms with Crippen LogP contribution in [0.2, 0.25) is 0 Å². The lowest BCUT2D eigenvalue weighted by Gasteiger charge is -2.14. The molecule has 0 atom stereocenters. The first kappa shape index (κ1) is 14.1. The normalized spacial score (nSPS) is 11.4. The van der Waals surface area contributed by atoms with E-state index in [0.717, 1.165) is 6.07 Å². The minimum Gasteiger partial charge on any atom is -0.481 e. The monoisotopic (exact) mass is 286 g/mol. The number of methoxy groups -OCH3 is 1. The number of nitrogen functional groups attached to an aromatic ring is 1. The summed E-state index contributed by atoms with van der Waals surface area (Å²) in [5, 5.41) is 0. The highest BCUT2D eigenvalue weighted by molar-refractivity contribution is 5.70. The van der Waals surface area contributed by atoms with Gasteiger partial charge in [0.2, 0.25) is 5.88 Å². The van der Waals surface area contributed by atoms with Gasteiger partial charge < -0.3 is 10.5 Å². The van der Waals surface area contributed by atoms with Crippen molar-refractivity contribution in [2.75, 3.05) is 12.8 Å². The maximum Gasteiger partial charge on any atom is 0.417 e. The highest BCUT2D eigenvalue weighted by atomic mass is 19.4. The van der Waals surface area contributed by atoms with Gasteiger partial charge >= 0.3 is 6.18 Å². The summed E-state index contributed by atoms with van der Waals surface area (Å²) in [6.07, 6.45) is -3.46. The summed E-state index contributed by atoms with van der Waals surface area (Å²) >= 11 is 0. The van der Waals surface area contributed by atoms with Crippen LogP contribution in [-0.4, -0.2) is 12.1 Å². The number of hydrogen-bond acceptors (Lipinski definition) is 3. The average Bonchev–Trinajstić information content (AvgIpc) is 2.40. The number of nitrogens with two attached hydrogens (primary N) is 1. The van der Waals surface area contributed by atoms with Gasteiger partial charge in [-0.3, -0.25) is 0 Å². The van der Waals surface area contributed by atoms with Gasteiger partial charge in [0.05, 0.1) is 18.4 Å². The predicted molar refractivity (Wildman–Crippen MR) is 65.6 cm³/mol. The summed E-state index contributed by atoms with van der Waals surface area (Å²) in [6, 6.07) is 4.09. The molecule has 0 spiro atoms. The largest absolute Gasteiger partial charge is 0.481 e. The molecule has 7 heteroatoms. The Morgan fingerprint density at radius 3 is 2.40 bits per heavy atom. The fraction of sp³-hybridized carbons (Fsp3) is 0.154. The van der Waals surface area contributed by atoms with E-state index in [1.807, 2.05) is 0 Å². The second-order valence-corrected chi connectivity index (χ2v) is 4.01. The molecule has 0 amide bonds. The zero-order chi connectivity index (χ0) is 14.9. The number of rotatable bonds is 2. The summed E-state index contributed by atoms with van der Waals surface area (Å²) in [5.41, 5.74) is 3.44. The maximum absolute atomic E-state index is 13.4. The Bertz CT molecular complexity index is 624. The van der Waals surface area contributed by atoms with Crippen LogP contribution in [0.5, 0.6) is 5.88 Å². The van der Waals surface area contributed by atoms with Crippen LogP contribution >= 0.6 is 0 Å². The van der Waals surface area contributed by atoms with Gasteiger partial charge in [0.15, 0.2) is 0 Å². The predicted octanol–water partition coefficient (Wildman–Crippen LogP) is 3.50. The van der Waals surface area contributed by atoms with Crippen molar-refractivity contribution in [1.82, 2.24) is 4.98 Å². The van der Waals surface area contributed by atoms with Crippen LogP contribution in [0.25, 0.3) is 11.1 Å². The molecule has 0 aliphatic rings. The third-order valence-corrected chi connectivity index (χ3v) is 2.70. The molecule has 2 rings (SSSR count). The Kier molecular flexibility index (Phi) is 3.52. The van der Waals surface area contributed by atoms with Crippen LogP contribution < -0.4 is 10.5 Å². The fourth-order valence-corrected chi connectivity index (χ4v) is 1.72. The van der Waals surface area contributed by atoms with Gasteiger partial charge in [0.1, 0.15) is 5.82 Å². The van der Waals surface area contributed by atoms with Crippen LogP contribution in [0.4, 0.5) is 23.2 Å². The number of benzene rings is 1. The fourth-order valence-electron chi connectivity index (χ4n) is 1.72.